The highest BCUT2D eigenvalue weighted by Gasteiger charge is 2.13. The van der Waals surface area contributed by atoms with Crippen LogP contribution in [-0.4, -0.2) is 6.61 Å². The van der Waals surface area contributed by atoms with Gasteiger partial charge in [0, 0.05) is 11.6 Å². The molecule has 29 heavy (non-hydrogen) atoms. The molecule has 152 valence electrons. The van der Waals surface area contributed by atoms with Gasteiger partial charge < -0.3 is 14.8 Å². The molecule has 3 aromatic carbocycles. The molecular weight excluding hydrogens is 436 g/mol. The average Bonchev–Trinajstić information content (AvgIpc) is 2.69. The second kappa shape index (κ2) is 10.1. The minimum atomic E-state index is -0.293. The van der Waals surface area contributed by atoms with E-state index in [0.717, 1.165) is 16.8 Å². The first-order valence-corrected chi connectivity index (χ1v) is 10.1. The van der Waals surface area contributed by atoms with Crippen molar-refractivity contribution in [2.24, 2.45) is 0 Å². The van der Waals surface area contributed by atoms with Gasteiger partial charge in [0.15, 0.2) is 11.5 Å². The summed E-state index contributed by atoms with van der Waals surface area (Å²) in [6.45, 7) is 3.06. The van der Waals surface area contributed by atoms with Crippen LogP contribution in [0.5, 0.6) is 11.5 Å². The molecule has 0 aromatic heterocycles. The van der Waals surface area contributed by atoms with Crippen molar-refractivity contribution in [3.63, 3.8) is 0 Å². The van der Waals surface area contributed by atoms with Crippen LogP contribution in [0.3, 0.4) is 0 Å². The number of halogens is 4. The van der Waals surface area contributed by atoms with Gasteiger partial charge in [0.1, 0.15) is 12.4 Å². The maximum absolute atomic E-state index is 13.1. The predicted molar refractivity (Wildman–Crippen MR) is 117 cm³/mol. The van der Waals surface area contributed by atoms with Crippen LogP contribution in [0.25, 0.3) is 0 Å². The van der Waals surface area contributed by atoms with E-state index in [0.29, 0.717) is 39.7 Å². The monoisotopic (exact) mass is 453 g/mol. The molecule has 0 unspecified atom stereocenters. The number of ether oxygens (including phenoxy) is 2. The van der Waals surface area contributed by atoms with Crippen molar-refractivity contribution < 1.29 is 13.9 Å². The fraction of sp³-hybridized carbons (Fsp3) is 0.182. The van der Waals surface area contributed by atoms with Crippen molar-refractivity contribution in [3.05, 3.63) is 86.6 Å². The summed E-state index contributed by atoms with van der Waals surface area (Å²) in [7, 11) is 0. The molecule has 1 N–H and O–H groups in total. The zero-order valence-corrected chi connectivity index (χ0v) is 17.9. The molecule has 0 fully saturated rings. The third kappa shape index (κ3) is 5.92. The molecule has 0 aliphatic carbocycles. The lowest BCUT2D eigenvalue weighted by Gasteiger charge is -2.16. The molecule has 0 spiro atoms. The normalized spacial score (nSPS) is 10.7. The second-order valence-electron chi connectivity index (χ2n) is 6.23. The highest BCUT2D eigenvalue weighted by Crippen LogP contribution is 2.37. The van der Waals surface area contributed by atoms with Crippen LogP contribution in [0.1, 0.15) is 18.1 Å². The number of hydrogen-bond donors (Lipinski definition) is 1. The zero-order valence-electron chi connectivity index (χ0n) is 15.6. The molecule has 3 aromatic rings. The van der Waals surface area contributed by atoms with Crippen molar-refractivity contribution in [1.82, 2.24) is 0 Å². The first kappa shape index (κ1) is 21.6. The van der Waals surface area contributed by atoms with Crippen LogP contribution in [0.2, 0.25) is 15.1 Å². The largest absolute Gasteiger partial charge is 0.490 e. The lowest BCUT2D eigenvalue weighted by Crippen LogP contribution is -2.04. The molecule has 0 radical (unpaired) electrons. The van der Waals surface area contributed by atoms with Gasteiger partial charge in [0.25, 0.3) is 0 Å². The van der Waals surface area contributed by atoms with Gasteiger partial charge >= 0.3 is 0 Å². The van der Waals surface area contributed by atoms with Gasteiger partial charge in [-0.25, -0.2) is 4.39 Å². The summed E-state index contributed by atoms with van der Waals surface area (Å²) in [6.07, 6.45) is 0. The van der Waals surface area contributed by atoms with E-state index in [2.05, 4.69) is 5.32 Å². The molecule has 7 heteroatoms. The molecule has 0 saturated heterocycles. The quantitative estimate of drug-likeness (QED) is 0.385. The van der Waals surface area contributed by atoms with E-state index in [1.807, 2.05) is 13.0 Å². The molecule has 0 aliphatic heterocycles. The first-order chi connectivity index (χ1) is 14.0. The summed E-state index contributed by atoms with van der Waals surface area (Å²) >= 11 is 18.7. The molecule has 3 nitrogen and oxygen atoms in total. The predicted octanol–water partition coefficient (Wildman–Crippen LogP) is 7.38. The fourth-order valence-electron chi connectivity index (χ4n) is 2.69. The molecule has 3 rings (SSSR count). The molecule has 0 bridgehead atoms. The van der Waals surface area contributed by atoms with Gasteiger partial charge in [0.05, 0.1) is 22.3 Å². The average molecular weight is 455 g/mol. The Labute approximate surface area is 184 Å². The number of nitrogens with one attached hydrogen (secondary N) is 1. The van der Waals surface area contributed by atoms with Crippen LogP contribution in [0.15, 0.2) is 54.6 Å². The Morgan fingerprint density at radius 2 is 1.62 bits per heavy atom. The van der Waals surface area contributed by atoms with Gasteiger partial charge in [-0.3, -0.25) is 0 Å². The van der Waals surface area contributed by atoms with E-state index in [1.165, 1.54) is 12.1 Å². The highest BCUT2D eigenvalue weighted by molar-refractivity contribution is 6.35. The van der Waals surface area contributed by atoms with Gasteiger partial charge in [-0.05, 0) is 60.5 Å². The van der Waals surface area contributed by atoms with Gasteiger partial charge in [0.2, 0.25) is 0 Å². The van der Waals surface area contributed by atoms with Crippen molar-refractivity contribution in [3.8, 4) is 11.5 Å². The first-order valence-electron chi connectivity index (χ1n) is 8.97. The molecule has 0 heterocycles. The molecule has 0 saturated carbocycles. The van der Waals surface area contributed by atoms with Crippen molar-refractivity contribution >= 4 is 40.5 Å². The third-order valence-corrected chi connectivity index (χ3v) is 4.92. The SMILES string of the molecule is CCOc1cc(CNc2cc(Cl)ccc2Cl)cc(Cl)c1OCc1ccc(F)cc1. The Balaban J connectivity index is 1.76. The lowest BCUT2D eigenvalue weighted by atomic mass is 10.2. The van der Waals surface area contributed by atoms with Gasteiger partial charge in [-0.2, -0.15) is 0 Å². The molecule has 0 atom stereocenters. The standard InChI is InChI=1S/C22H19Cl3FNO2/c1-2-28-21-10-15(12-27-20-11-16(23)5-8-18(20)24)9-19(25)22(21)29-13-14-3-6-17(26)7-4-14/h3-11,27H,2,12-13H2,1H3. The lowest BCUT2D eigenvalue weighted by molar-refractivity contribution is 0.269. The minimum absolute atomic E-state index is 0.246. The van der Waals surface area contributed by atoms with Crippen molar-refractivity contribution in [1.29, 1.82) is 0 Å². The second-order valence-corrected chi connectivity index (χ2v) is 7.48. The molecule has 0 aliphatic rings. The number of hydrogen-bond acceptors (Lipinski definition) is 3. The Bertz CT molecular complexity index is 981. The van der Waals surface area contributed by atoms with Crippen LogP contribution < -0.4 is 14.8 Å². The van der Waals surface area contributed by atoms with Crippen molar-refractivity contribution in [2.75, 3.05) is 11.9 Å². The summed E-state index contributed by atoms with van der Waals surface area (Å²) in [4.78, 5) is 0. The van der Waals surface area contributed by atoms with E-state index in [-0.39, 0.29) is 12.4 Å². The number of anilines is 1. The van der Waals surface area contributed by atoms with Crippen LogP contribution >= 0.6 is 34.8 Å². The van der Waals surface area contributed by atoms with Crippen LogP contribution in [0, 0.1) is 5.82 Å². The van der Waals surface area contributed by atoms with E-state index in [4.69, 9.17) is 44.3 Å². The maximum atomic E-state index is 13.1. The summed E-state index contributed by atoms with van der Waals surface area (Å²) in [5.74, 6) is 0.692. The van der Waals surface area contributed by atoms with Gasteiger partial charge in [-0.1, -0.05) is 46.9 Å². The van der Waals surface area contributed by atoms with E-state index < -0.39 is 0 Å². The van der Waals surface area contributed by atoms with E-state index in [1.54, 1.807) is 36.4 Å². The highest BCUT2D eigenvalue weighted by atomic mass is 35.5. The zero-order chi connectivity index (χ0) is 20.8. The van der Waals surface area contributed by atoms with E-state index in [9.17, 15) is 4.39 Å². The fourth-order valence-corrected chi connectivity index (χ4v) is 3.34. The smallest absolute Gasteiger partial charge is 0.180 e. The van der Waals surface area contributed by atoms with Crippen molar-refractivity contribution in [2.45, 2.75) is 20.1 Å². The third-order valence-electron chi connectivity index (χ3n) is 4.08. The Kier molecular flexibility index (Phi) is 7.48. The summed E-state index contributed by atoms with van der Waals surface area (Å²) in [5, 5.41) is 4.83. The Morgan fingerprint density at radius 1 is 0.862 bits per heavy atom. The van der Waals surface area contributed by atoms with Gasteiger partial charge in [-0.15, -0.1) is 0 Å². The topological polar surface area (TPSA) is 30.5 Å². The molecular formula is C22H19Cl3FNO2. The molecule has 0 amide bonds. The van der Waals surface area contributed by atoms with Crippen LogP contribution in [0.4, 0.5) is 10.1 Å². The van der Waals surface area contributed by atoms with Crippen LogP contribution in [-0.2, 0) is 13.2 Å². The number of rotatable bonds is 8. The Hall–Kier alpha value is -2.14. The minimum Gasteiger partial charge on any atom is -0.490 e. The summed E-state index contributed by atoms with van der Waals surface area (Å²) < 4.78 is 24.6. The summed E-state index contributed by atoms with van der Waals surface area (Å²) in [6, 6.07) is 15.0. The summed E-state index contributed by atoms with van der Waals surface area (Å²) in [5.41, 5.74) is 2.44. The maximum Gasteiger partial charge on any atom is 0.180 e. The number of benzene rings is 3. The Morgan fingerprint density at radius 3 is 2.34 bits per heavy atom. The van der Waals surface area contributed by atoms with E-state index >= 15 is 0 Å².